The van der Waals surface area contributed by atoms with Crippen LogP contribution < -0.4 is 10.1 Å². The molecule has 6 nitrogen and oxygen atoms in total. The Balaban J connectivity index is 2.01. The van der Waals surface area contributed by atoms with Crippen LogP contribution in [-0.2, 0) is 14.8 Å². The first-order valence-electron chi connectivity index (χ1n) is 9.06. The lowest BCUT2D eigenvalue weighted by Gasteiger charge is -2.19. The molecule has 0 aliphatic carbocycles. The molecule has 0 saturated heterocycles. The minimum atomic E-state index is -3.60. The second-order valence-electron chi connectivity index (χ2n) is 6.17. The van der Waals surface area contributed by atoms with Gasteiger partial charge in [0.25, 0.3) is 5.91 Å². The van der Waals surface area contributed by atoms with E-state index >= 15 is 0 Å². The Hall–Kier alpha value is -2.09. The molecule has 1 atom stereocenters. The fourth-order valence-electron chi connectivity index (χ4n) is 2.72. The van der Waals surface area contributed by atoms with Gasteiger partial charge in [-0.2, -0.15) is 4.31 Å². The number of hydrogen-bond acceptors (Lipinski definition) is 4. The molecule has 0 aromatic heterocycles. The van der Waals surface area contributed by atoms with E-state index in [-0.39, 0.29) is 34.2 Å². The van der Waals surface area contributed by atoms with Crippen LogP contribution in [0.1, 0.15) is 32.4 Å². The maximum atomic E-state index is 12.5. The molecule has 8 heteroatoms. The van der Waals surface area contributed by atoms with E-state index in [1.165, 1.54) is 22.5 Å². The van der Waals surface area contributed by atoms with Crippen molar-refractivity contribution in [3.05, 3.63) is 59.1 Å². The largest absolute Gasteiger partial charge is 0.482 e. The van der Waals surface area contributed by atoms with Gasteiger partial charge in [-0.1, -0.05) is 55.8 Å². The molecule has 152 valence electrons. The van der Waals surface area contributed by atoms with E-state index in [1.54, 1.807) is 13.8 Å². The van der Waals surface area contributed by atoms with Crippen LogP contribution in [0, 0.1) is 0 Å². The van der Waals surface area contributed by atoms with Gasteiger partial charge >= 0.3 is 0 Å². The average molecular weight is 425 g/mol. The number of hydrogen-bond donors (Lipinski definition) is 1. The van der Waals surface area contributed by atoms with Gasteiger partial charge in [-0.05, 0) is 30.7 Å². The normalized spacial score (nSPS) is 12.6. The third-order valence-corrected chi connectivity index (χ3v) is 6.62. The Morgan fingerprint density at radius 3 is 2.36 bits per heavy atom. The van der Waals surface area contributed by atoms with E-state index < -0.39 is 10.0 Å². The molecule has 2 aromatic carbocycles. The number of nitrogens with one attached hydrogen (secondary N) is 1. The highest BCUT2D eigenvalue weighted by Crippen LogP contribution is 2.28. The molecule has 0 unspecified atom stereocenters. The molecule has 0 heterocycles. The van der Waals surface area contributed by atoms with Crippen LogP contribution in [0.15, 0.2) is 53.4 Å². The van der Waals surface area contributed by atoms with Gasteiger partial charge in [0.05, 0.1) is 16.0 Å². The topological polar surface area (TPSA) is 75.7 Å². The van der Waals surface area contributed by atoms with Crippen LogP contribution in [0.3, 0.4) is 0 Å². The molecule has 0 radical (unpaired) electrons. The zero-order chi connectivity index (χ0) is 20.7. The van der Waals surface area contributed by atoms with Crippen molar-refractivity contribution in [2.45, 2.75) is 31.7 Å². The summed E-state index contributed by atoms with van der Waals surface area (Å²) in [5.74, 6) is -0.0464. The van der Waals surface area contributed by atoms with Crippen molar-refractivity contribution < 1.29 is 17.9 Å². The fourth-order valence-corrected chi connectivity index (χ4v) is 4.51. The summed E-state index contributed by atoms with van der Waals surface area (Å²) in [6, 6.07) is 13.7. The summed E-state index contributed by atoms with van der Waals surface area (Å²) in [5.41, 5.74) is 0.986. The first-order chi connectivity index (χ1) is 13.3. The molecule has 0 bridgehead atoms. The maximum absolute atomic E-state index is 12.5. The van der Waals surface area contributed by atoms with E-state index in [2.05, 4.69) is 5.32 Å². The number of amides is 1. The van der Waals surface area contributed by atoms with Gasteiger partial charge in [0, 0.05) is 13.1 Å². The van der Waals surface area contributed by atoms with Crippen LogP contribution >= 0.6 is 11.6 Å². The summed E-state index contributed by atoms with van der Waals surface area (Å²) in [5, 5.41) is 2.98. The SMILES string of the molecule is CCN(CC)S(=O)(=O)c1ccc(OCC(=O)N[C@H](C)c2ccccc2)c(Cl)c1. The highest BCUT2D eigenvalue weighted by atomic mass is 35.5. The molecule has 0 aliphatic rings. The summed E-state index contributed by atoms with van der Waals surface area (Å²) >= 11 is 6.17. The molecular formula is C20H25ClN2O4S. The van der Waals surface area contributed by atoms with Gasteiger partial charge in [0.1, 0.15) is 5.75 Å². The third-order valence-electron chi connectivity index (χ3n) is 4.28. The Morgan fingerprint density at radius 2 is 1.79 bits per heavy atom. The van der Waals surface area contributed by atoms with Crippen molar-refractivity contribution in [2.24, 2.45) is 0 Å². The number of sulfonamides is 1. The summed E-state index contributed by atoms with van der Waals surface area (Å²) in [7, 11) is -3.60. The van der Waals surface area contributed by atoms with Crippen molar-refractivity contribution >= 4 is 27.5 Å². The predicted molar refractivity (Wildman–Crippen MR) is 110 cm³/mol. The fraction of sp³-hybridized carbons (Fsp3) is 0.350. The minimum Gasteiger partial charge on any atom is -0.482 e. The summed E-state index contributed by atoms with van der Waals surface area (Å²) in [4.78, 5) is 12.2. The number of halogens is 1. The number of carbonyl (C=O) groups is 1. The highest BCUT2D eigenvalue weighted by Gasteiger charge is 2.22. The molecule has 0 spiro atoms. The zero-order valence-electron chi connectivity index (χ0n) is 16.2. The van der Waals surface area contributed by atoms with E-state index in [1.807, 2.05) is 37.3 Å². The van der Waals surface area contributed by atoms with Gasteiger partial charge in [-0.25, -0.2) is 8.42 Å². The van der Waals surface area contributed by atoms with Crippen LogP contribution in [0.2, 0.25) is 5.02 Å². The Labute approximate surface area is 171 Å². The second kappa shape index (κ2) is 9.91. The second-order valence-corrected chi connectivity index (χ2v) is 8.52. The first-order valence-corrected chi connectivity index (χ1v) is 10.9. The van der Waals surface area contributed by atoms with E-state index in [0.29, 0.717) is 13.1 Å². The van der Waals surface area contributed by atoms with Crippen LogP contribution in [0.4, 0.5) is 0 Å². The lowest BCUT2D eigenvalue weighted by molar-refractivity contribution is -0.123. The molecular weight excluding hydrogens is 400 g/mol. The van der Waals surface area contributed by atoms with Crippen LogP contribution in [0.25, 0.3) is 0 Å². The molecule has 1 N–H and O–H groups in total. The summed E-state index contributed by atoms with van der Waals surface area (Å²) in [6.45, 7) is 5.94. The number of rotatable bonds is 9. The Bertz CT molecular complexity index is 900. The first kappa shape index (κ1) is 22.2. The minimum absolute atomic E-state index is 0.0932. The summed E-state index contributed by atoms with van der Waals surface area (Å²) < 4.78 is 31.9. The Kier molecular flexibility index (Phi) is 7.86. The molecule has 28 heavy (non-hydrogen) atoms. The standard InChI is InChI=1S/C20H25ClN2O4S/c1-4-23(5-2)28(25,26)17-11-12-19(18(21)13-17)27-14-20(24)22-15(3)16-9-7-6-8-10-16/h6-13,15H,4-5,14H2,1-3H3,(H,22,24)/t15-/m1/s1. The van der Waals surface area contributed by atoms with Crippen molar-refractivity contribution in [3.63, 3.8) is 0 Å². The zero-order valence-corrected chi connectivity index (χ0v) is 17.8. The average Bonchev–Trinajstić information content (AvgIpc) is 2.68. The maximum Gasteiger partial charge on any atom is 0.258 e. The lowest BCUT2D eigenvalue weighted by atomic mass is 10.1. The molecule has 1 amide bonds. The number of ether oxygens (including phenoxy) is 1. The lowest BCUT2D eigenvalue weighted by Crippen LogP contribution is -2.31. The molecule has 2 aromatic rings. The number of carbonyl (C=O) groups excluding carboxylic acids is 1. The van der Waals surface area contributed by atoms with Crippen LogP contribution in [-0.4, -0.2) is 38.3 Å². The van der Waals surface area contributed by atoms with E-state index in [0.717, 1.165) is 5.56 Å². The van der Waals surface area contributed by atoms with Crippen molar-refractivity contribution in [2.75, 3.05) is 19.7 Å². The molecule has 2 rings (SSSR count). The quantitative estimate of drug-likeness (QED) is 0.667. The van der Waals surface area contributed by atoms with Gasteiger partial charge in [0.2, 0.25) is 10.0 Å². The molecule has 0 fully saturated rings. The van der Waals surface area contributed by atoms with Gasteiger partial charge < -0.3 is 10.1 Å². The summed E-state index contributed by atoms with van der Waals surface area (Å²) in [6.07, 6.45) is 0. The highest BCUT2D eigenvalue weighted by molar-refractivity contribution is 7.89. The Morgan fingerprint density at radius 1 is 1.14 bits per heavy atom. The molecule has 0 aliphatic heterocycles. The monoisotopic (exact) mass is 424 g/mol. The molecule has 0 saturated carbocycles. The van der Waals surface area contributed by atoms with Gasteiger partial charge in [-0.3, -0.25) is 4.79 Å². The van der Waals surface area contributed by atoms with E-state index in [4.69, 9.17) is 16.3 Å². The van der Waals surface area contributed by atoms with Gasteiger partial charge in [-0.15, -0.1) is 0 Å². The van der Waals surface area contributed by atoms with Gasteiger partial charge in [0.15, 0.2) is 6.61 Å². The van der Waals surface area contributed by atoms with Crippen molar-refractivity contribution in [1.82, 2.24) is 9.62 Å². The predicted octanol–water partition coefficient (Wildman–Crippen LogP) is 3.63. The number of benzene rings is 2. The van der Waals surface area contributed by atoms with Crippen LogP contribution in [0.5, 0.6) is 5.75 Å². The third kappa shape index (κ3) is 5.47. The van der Waals surface area contributed by atoms with E-state index in [9.17, 15) is 13.2 Å². The van der Waals surface area contributed by atoms with Crippen molar-refractivity contribution in [3.8, 4) is 5.75 Å². The smallest absolute Gasteiger partial charge is 0.258 e. The van der Waals surface area contributed by atoms with Crippen molar-refractivity contribution in [1.29, 1.82) is 0 Å². The number of nitrogens with zero attached hydrogens (tertiary/aromatic N) is 1.